The maximum absolute atomic E-state index is 5.35. The van der Waals surface area contributed by atoms with E-state index in [1.807, 2.05) is 0 Å². The third-order valence-corrected chi connectivity index (χ3v) is 1.48. The summed E-state index contributed by atoms with van der Waals surface area (Å²) in [7, 11) is 0. The van der Waals surface area contributed by atoms with Gasteiger partial charge in [0, 0.05) is 0 Å². The molecule has 0 bridgehead atoms. The largest absolute Gasteiger partial charge is 0.388 e. The lowest BCUT2D eigenvalue weighted by atomic mass is 10.8. The molecule has 2 aromatic heterocycles. The van der Waals surface area contributed by atoms with E-state index in [0.29, 0.717) is 0 Å². The number of rotatable bonds is 2. The zero-order valence-electron chi connectivity index (χ0n) is 8.40. The summed E-state index contributed by atoms with van der Waals surface area (Å²) >= 11 is 0. The monoisotopic (exact) mass is 236 g/mol. The van der Waals surface area contributed by atoms with Crippen molar-refractivity contribution < 1.29 is 4.74 Å². The number of hydrogen-bond donors (Lipinski definition) is 4. The zero-order valence-corrected chi connectivity index (χ0v) is 8.40. The second-order valence-electron chi connectivity index (χ2n) is 2.77. The Labute approximate surface area is 94.3 Å². The van der Waals surface area contributed by atoms with Crippen LogP contribution < -0.4 is 27.7 Å². The van der Waals surface area contributed by atoms with E-state index in [2.05, 4.69) is 29.9 Å². The lowest BCUT2D eigenvalue weighted by molar-refractivity contribution is 0.407. The van der Waals surface area contributed by atoms with Crippen LogP contribution in [0.25, 0.3) is 0 Å². The van der Waals surface area contributed by atoms with Gasteiger partial charge in [0.2, 0.25) is 23.8 Å². The molecular formula is C6H8N10O. The van der Waals surface area contributed by atoms with Gasteiger partial charge < -0.3 is 27.7 Å². The summed E-state index contributed by atoms with van der Waals surface area (Å²) in [5.41, 5.74) is 21.4. The van der Waals surface area contributed by atoms with Gasteiger partial charge in [0.25, 0.3) is 0 Å². The summed E-state index contributed by atoms with van der Waals surface area (Å²) in [5, 5.41) is 0. The first-order valence-corrected chi connectivity index (χ1v) is 4.25. The van der Waals surface area contributed by atoms with E-state index >= 15 is 0 Å². The topological polar surface area (TPSA) is 191 Å². The molecule has 88 valence electrons. The average Bonchev–Trinajstić information content (AvgIpc) is 2.13. The van der Waals surface area contributed by atoms with Gasteiger partial charge in [-0.1, -0.05) is 0 Å². The molecule has 0 aromatic carbocycles. The average molecular weight is 236 g/mol. The van der Waals surface area contributed by atoms with Crippen LogP contribution in [-0.2, 0) is 0 Å². The van der Waals surface area contributed by atoms with Crippen molar-refractivity contribution in [3.05, 3.63) is 0 Å². The number of nitrogens with zero attached hydrogens (tertiary/aromatic N) is 6. The number of nitrogens with two attached hydrogens (primary N) is 4. The molecule has 2 rings (SSSR count). The fraction of sp³-hybridized carbons (Fsp3) is 0. The highest BCUT2D eigenvalue weighted by molar-refractivity contribution is 5.31. The highest BCUT2D eigenvalue weighted by Crippen LogP contribution is 2.15. The number of ether oxygens (including phenoxy) is 1. The number of hydrogen-bond acceptors (Lipinski definition) is 11. The minimum absolute atomic E-state index is 0.0949. The predicted molar refractivity (Wildman–Crippen MR) is 57.4 cm³/mol. The minimum atomic E-state index is -0.167. The maximum Gasteiger partial charge on any atom is 0.331 e. The third kappa shape index (κ3) is 2.53. The van der Waals surface area contributed by atoms with Gasteiger partial charge in [-0.3, -0.25) is 0 Å². The van der Waals surface area contributed by atoms with Gasteiger partial charge in [-0.05, 0) is 0 Å². The van der Waals surface area contributed by atoms with Crippen molar-refractivity contribution in [2.45, 2.75) is 0 Å². The van der Waals surface area contributed by atoms with E-state index in [1.165, 1.54) is 0 Å². The van der Waals surface area contributed by atoms with Crippen LogP contribution in [0.15, 0.2) is 0 Å². The second-order valence-corrected chi connectivity index (χ2v) is 2.77. The molecule has 0 atom stereocenters. The Morgan fingerprint density at radius 1 is 0.529 bits per heavy atom. The van der Waals surface area contributed by atoms with Crippen LogP contribution in [0, 0.1) is 0 Å². The van der Waals surface area contributed by atoms with Crippen LogP contribution in [-0.4, -0.2) is 29.9 Å². The van der Waals surface area contributed by atoms with Gasteiger partial charge in [0.1, 0.15) is 0 Å². The highest BCUT2D eigenvalue weighted by atomic mass is 16.5. The van der Waals surface area contributed by atoms with Gasteiger partial charge >= 0.3 is 12.0 Å². The Kier molecular flexibility index (Phi) is 2.40. The van der Waals surface area contributed by atoms with Crippen LogP contribution in [0.4, 0.5) is 23.8 Å². The molecular weight excluding hydrogens is 228 g/mol. The van der Waals surface area contributed by atoms with E-state index in [-0.39, 0.29) is 35.8 Å². The van der Waals surface area contributed by atoms with Crippen molar-refractivity contribution in [1.82, 2.24) is 29.9 Å². The van der Waals surface area contributed by atoms with Crippen molar-refractivity contribution in [2.24, 2.45) is 0 Å². The van der Waals surface area contributed by atoms with Crippen LogP contribution in [0.2, 0.25) is 0 Å². The van der Waals surface area contributed by atoms with E-state index < -0.39 is 0 Å². The highest BCUT2D eigenvalue weighted by Gasteiger charge is 2.08. The fourth-order valence-corrected chi connectivity index (χ4v) is 0.950. The normalized spacial score (nSPS) is 10.1. The van der Waals surface area contributed by atoms with Gasteiger partial charge in [-0.2, -0.15) is 29.9 Å². The quantitative estimate of drug-likeness (QED) is 0.458. The van der Waals surface area contributed by atoms with Crippen molar-refractivity contribution in [2.75, 3.05) is 22.9 Å². The summed E-state index contributed by atoms with van der Waals surface area (Å²) in [5.74, 6) is -0.380. The van der Waals surface area contributed by atoms with E-state index in [1.54, 1.807) is 0 Å². The Morgan fingerprint density at radius 2 is 0.824 bits per heavy atom. The first kappa shape index (κ1) is 10.5. The lowest BCUT2D eigenvalue weighted by Gasteiger charge is -2.03. The third-order valence-electron chi connectivity index (χ3n) is 1.48. The molecule has 0 aliphatic carbocycles. The minimum Gasteiger partial charge on any atom is -0.388 e. The Bertz CT molecular complexity index is 466. The molecule has 0 amide bonds. The van der Waals surface area contributed by atoms with Crippen LogP contribution in [0.3, 0.4) is 0 Å². The maximum atomic E-state index is 5.35. The number of aromatic nitrogens is 6. The molecule has 0 saturated heterocycles. The van der Waals surface area contributed by atoms with E-state index in [9.17, 15) is 0 Å². The molecule has 0 saturated carbocycles. The van der Waals surface area contributed by atoms with Crippen molar-refractivity contribution in [1.29, 1.82) is 0 Å². The van der Waals surface area contributed by atoms with E-state index in [0.717, 1.165) is 0 Å². The molecule has 0 aliphatic rings. The number of anilines is 4. The predicted octanol–water partition coefficient (Wildman–Crippen LogP) is -1.82. The SMILES string of the molecule is Nc1nc(N)nc(Oc2nc(N)nc(N)n2)n1. The molecule has 8 N–H and O–H groups in total. The first-order valence-electron chi connectivity index (χ1n) is 4.25. The Balaban J connectivity index is 2.31. The number of nitrogen functional groups attached to an aromatic ring is 4. The molecule has 11 nitrogen and oxygen atoms in total. The molecule has 0 fully saturated rings. The van der Waals surface area contributed by atoms with Gasteiger partial charge in [-0.15, -0.1) is 0 Å². The molecule has 2 heterocycles. The second kappa shape index (κ2) is 3.88. The Morgan fingerprint density at radius 3 is 1.12 bits per heavy atom. The van der Waals surface area contributed by atoms with Gasteiger partial charge in [0.05, 0.1) is 0 Å². The summed E-state index contributed by atoms with van der Waals surface area (Å²) < 4.78 is 5.06. The van der Waals surface area contributed by atoms with Crippen LogP contribution in [0.5, 0.6) is 12.0 Å². The summed E-state index contributed by atoms with van der Waals surface area (Å²) in [6, 6.07) is -0.333. The summed E-state index contributed by atoms with van der Waals surface area (Å²) in [6.45, 7) is 0. The first-order chi connectivity index (χ1) is 8.02. The molecule has 0 aliphatic heterocycles. The van der Waals surface area contributed by atoms with Crippen molar-refractivity contribution >= 4 is 23.8 Å². The van der Waals surface area contributed by atoms with Crippen LogP contribution >= 0.6 is 0 Å². The van der Waals surface area contributed by atoms with Gasteiger partial charge in [0.15, 0.2) is 0 Å². The molecule has 11 heteroatoms. The summed E-state index contributed by atoms with van der Waals surface area (Å²) in [4.78, 5) is 21.8. The summed E-state index contributed by atoms with van der Waals surface area (Å²) in [6.07, 6.45) is 0. The van der Waals surface area contributed by atoms with E-state index in [4.69, 9.17) is 27.7 Å². The van der Waals surface area contributed by atoms with Crippen molar-refractivity contribution in [3.63, 3.8) is 0 Å². The zero-order chi connectivity index (χ0) is 12.4. The molecule has 2 aromatic rings. The molecule has 0 spiro atoms. The van der Waals surface area contributed by atoms with Crippen LogP contribution in [0.1, 0.15) is 0 Å². The lowest BCUT2D eigenvalue weighted by Crippen LogP contribution is -2.07. The standard InChI is InChI=1S/C6H8N10O/c7-1-11-2(8)14-5(13-1)17-6-15-3(9)12-4(10)16-6/h(H4,7,8,11,13,14)(H4,9,10,12,15,16). The fourth-order valence-electron chi connectivity index (χ4n) is 0.950. The molecule has 0 unspecified atom stereocenters. The molecule has 17 heavy (non-hydrogen) atoms. The smallest absolute Gasteiger partial charge is 0.331 e. The Hall–Kier alpha value is -2.98. The van der Waals surface area contributed by atoms with Gasteiger partial charge in [-0.25, -0.2) is 0 Å². The molecule has 0 radical (unpaired) electrons. The van der Waals surface area contributed by atoms with Crippen molar-refractivity contribution in [3.8, 4) is 12.0 Å².